The van der Waals surface area contributed by atoms with Crippen LogP contribution in [0.15, 0.2) is 0 Å². The van der Waals surface area contributed by atoms with Gasteiger partial charge in [-0.25, -0.2) is 0 Å². The molecule has 0 aliphatic carbocycles. The quantitative estimate of drug-likeness (QED) is 0.668. The summed E-state index contributed by atoms with van der Waals surface area (Å²) in [5.41, 5.74) is 0. The minimum Gasteiger partial charge on any atom is -0.481 e. The van der Waals surface area contributed by atoms with Crippen LogP contribution in [0.4, 0.5) is 0 Å². The van der Waals surface area contributed by atoms with Crippen LogP contribution in [-0.4, -0.2) is 23.7 Å². The number of rotatable bonds is 3. The summed E-state index contributed by atoms with van der Waals surface area (Å²) >= 11 is 0. The fourth-order valence-electron chi connectivity index (χ4n) is 1.94. The average molecular weight is 171 g/mol. The van der Waals surface area contributed by atoms with Crippen molar-refractivity contribution < 1.29 is 9.90 Å². The summed E-state index contributed by atoms with van der Waals surface area (Å²) in [5.74, 6) is -0.657. The Bertz CT molecular complexity index is 162. The van der Waals surface area contributed by atoms with Gasteiger partial charge >= 0.3 is 5.97 Å². The van der Waals surface area contributed by atoms with Gasteiger partial charge in [0, 0.05) is 6.04 Å². The minimum atomic E-state index is -0.663. The highest BCUT2D eigenvalue weighted by Crippen LogP contribution is 2.22. The Morgan fingerprint density at radius 1 is 1.58 bits per heavy atom. The number of carbonyl (C=O) groups is 1. The molecule has 2 N–H and O–H groups in total. The van der Waals surface area contributed by atoms with E-state index in [2.05, 4.69) is 5.32 Å². The molecule has 1 unspecified atom stereocenters. The smallest absolute Gasteiger partial charge is 0.308 e. The van der Waals surface area contributed by atoms with E-state index < -0.39 is 5.97 Å². The minimum absolute atomic E-state index is 0.197. The highest BCUT2D eigenvalue weighted by Gasteiger charge is 2.32. The van der Waals surface area contributed by atoms with Crippen LogP contribution in [-0.2, 0) is 4.79 Å². The van der Waals surface area contributed by atoms with Gasteiger partial charge in [0.2, 0.25) is 0 Å². The molecule has 0 saturated carbocycles. The van der Waals surface area contributed by atoms with E-state index in [1.54, 1.807) is 0 Å². The van der Waals surface area contributed by atoms with Crippen LogP contribution < -0.4 is 5.32 Å². The lowest BCUT2D eigenvalue weighted by molar-refractivity contribution is -0.144. The van der Waals surface area contributed by atoms with Crippen molar-refractivity contribution >= 4 is 5.97 Å². The van der Waals surface area contributed by atoms with Gasteiger partial charge in [0.15, 0.2) is 0 Å². The molecule has 1 heterocycles. The zero-order valence-electron chi connectivity index (χ0n) is 7.71. The van der Waals surface area contributed by atoms with Crippen molar-refractivity contribution in [3.63, 3.8) is 0 Å². The monoisotopic (exact) mass is 171 g/mol. The third-order valence-corrected chi connectivity index (χ3v) is 2.54. The lowest BCUT2D eigenvalue weighted by Gasteiger charge is -2.22. The van der Waals surface area contributed by atoms with Crippen molar-refractivity contribution in [2.24, 2.45) is 11.8 Å². The molecule has 2 atom stereocenters. The van der Waals surface area contributed by atoms with Gasteiger partial charge in [-0.05, 0) is 25.3 Å². The second-order valence-corrected chi connectivity index (χ2v) is 3.81. The number of carboxylic acid groups (broad SMARTS) is 1. The molecule has 3 heteroatoms. The second-order valence-electron chi connectivity index (χ2n) is 3.81. The molecule has 1 fully saturated rings. The van der Waals surface area contributed by atoms with Crippen molar-refractivity contribution in [3.05, 3.63) is 0 Å². The Morgan fingerprint density at radius 2 is 2.25 bits per heavy atom. The maximum absolute atomic E-state index is 10.9. The fourth-order valence-corrected chi connectivity index (χ4v) is 1.94. The maximum atomic E-state index is 10.9. The van der Waals surface area contributed by atoms with E-state index in [-0.39, 0.29) is 17.9 Å². The van der Waals surface area contributed by atoms with Gasteiger partial charge < -0.3 is 10.4 Å². The number of hydrogen-bond donors (Lipinski definition) is 2. The second kappa shape index (κ2) is 3.90. The predicted octanol–water partition coefficient (Wildman–Crippen LogP) is 1.10. The largest absolute Gasteiger partial charge is 0.481 e. The van der Waals surface area contributed by atoms with E-state index in [0.717, 1.165) is 19.4 Å². The van der Waals surface area contributed by atoms with E-state index in [9.17, 15) is 4.79 Å². The molecule has 0 aromatic rings. The molecular formula is C9H17NO2. The third kappa shape index (κ3) is 1.97. The van der Waals surface area contributed by atoms with E-state index in [4.69, 9.17) is 5.11 Å². The molecule has 1 aliphatic heterocycles. The molecule has 1 saturated heterocycles. The lowest BCUT2D eigenvalue weighted by atomic mass is 9.88. The predicted molar refractivity (Wildman–Crippen MR) is 47.0 cm³/mol. The zero-order chi connectivity index (χ0) is 9.14. The molecule has 0 aromatic carbocycles. The number of hydrogen-bond acceptors (Lipinski definition) is 2. The Balaban J connectivity index is 2.58. The Hall–Kier alpha value is -0.570. The molecule has 1 rings (SSSR count). The molecular weight excluding hydrogens is 154 g/mol. The first-order valence-corrected chi connectivity index (χ1v) is 4.59. The van der Waals surface area contributed by atoms with Gasteiger partial charge in [-0.2, -0.15) is 0 Å². The lowest BCUT2D eigenvalue weighted by Crippen LogP contribution is -2.38. The molecule has 1 aliphatic rings. The number of nitrogens with one attached hydrogen (secondary N) is 1. The zero-order valence-corrected chi connectivity index (χ0v) is 7.71. The van der Waals surface area contributed by atoms with Crippen LogP contribution in [0.25, 0.3) is 0 Å². The molecule has 0 bridgehead atoms. The summed E-state index contributed by atoms with van der Waals surface area (Å²) in [7, 11) is 0. The first kappa shape index (κ1) is 9.52. The summed E-state index contributed by atoms with van der Waals surface area (Å²) in [4.78, 5) is 10.9. The van der Waals surface area contributed by atoms with Gasteiger partial charge in [0.25, 0.3) is 0 Å². The van der Waals surface area contributed by atoms with Gasteiger partial charge in [-0.15, -0.1) is 0 Å². The van der Waals surface area contributed by atoms with Crippen molar-refractivity contribution in [1.82, 2.24) is 5.32 Å². The first-order valence-electron chi connectivity index (χ1n) is 4.59. The SMILES string of the molecule is CC(C)[C@H](C(=O)O)C1CCCN1. The van der Waals surface area contributed by atoms with Gasteiger partial charge in [-0.3, -0.25) is 4.79 Å². The number of carboxylic acids is 1. The van der Waals surface area contributed by atoms with E-state index in [1.807, 2.05) is 13.8 Å². The van der Waals surface area contributed by atoms with Crippen LogP contribution >= 0.6 is 0 Å². The highest BCUT2D eigenvalue weighted by molar-refractivity contribution is 5.71. The Kier molecular flexibility index (Phi) is 3.09. The van der Waals surface area contributed by atoms with Gasteiger partial charge in [-0.1, -0.05) is 13.8 Å². The van der Waals surface area contributed by atoms with Crippen LogP contribution in [0.1, 0.15) is 26.7 Å². The normalized spacial score (nSPS) is 26.1. The molecule has 0 aromatic heterocycles. The van der Waals surface area contributed by atoms with Crippen LogP contribution in [0, 0.1) is 11.8 Å². The van der Waals surface area contributed by atoms with Gasteiger partial charge in [0.1, 0.15) is 0 Å². The topological polar surface area (TPSA) is 49.3 Å². The summed E-state index contributed by atoms with van der Waals surface area (Å²) < 4.78 is 0. The van der Waals surface area contributed by atoms with E-state index in [1.165, 1.54) is 0 Å². The van der Waals surface area contributed by atoms with Crippen LogP contribution in [0.3, 0.4) is 0 Å². The fraction of sp³-hybridized carbons (Fsp3) is 0.889. The maximum Gasteiger partial charge on any atom is 0.308 e. The number of aliphatic carboxylic acids is 1. The summed E-state index contributed by atoms with van der Waals surface area (Å²) in [5, 5.41) is 12.2. The van der Waals surface area contributed by atoms with E-state index in [0.29, 0.717) is 0 Å². The highest BCUT2D eigenvalue weighted by atomic mass is 16.4. The van der Waals surface area contributed by atoms with Crippen molar-refractivity contribution in [3.8, 4) is 0 Å². The summed E-state index contributed by atoms with van der Waals surface area (Å²) in [6, 6.07) is 0.197. The van der Waals surface area contributed by atoms with Crippen LogP contribution in [0.2, 0.25) is 0 Å². The molecule has 0 spiro atoms. The van der Waals surface area contributed by atoms with Crippen LogP contribution in [0.5, 0.6) is 0 Å². The molecule has 0 radical (unpaired) electrons. The molecule has 12 heavy (non-hydrogen) atoms. The average Bonchev–Trinajstić information content (AvgIpc) is 2.37. The summed E-state index contributed by atoms with van der Waals surface area (Å²) in [6.07, 6.45) is 2.12. The molecule has 70 valence electrons. The van der Waals surface area contributed by atoms with Gasteiger partial charge in [0.05, 0.1) is 5.92 Å². The van der Waals surface area contributed by atoms with Crippen molar-refractivity contribution in [2.45, 2.75) is 32.7 Å². The summed E-state index contributed by atoms with van der Waals surface area (Å²) in [6.45, 7) is 4.92. The third-order valence-electron chi connectivity index (χ3n) is 2.54. The Morgan fingerprint density at radius 3 is 2.58 bits per heavy atom. The van der Waals surface area contributed by atoms with Crippen molar-refractivity contribution in [2.75, 3.05) is 6.54 Å². The van der Waals surface area contributed by atoms with Crippen molar-refractivity contribution in [1.29, 1.82) is 0 Å². The molecule has 0 amide bonds. The molecule has 3 nitrogen and oxygen atoms in total. The Labute approximate surface area is 73.2 Å². The first-order chi connectivity index (χ1) is 5.63. The standard InChI is InChI=1S/C9H17NO2/c1-6(2)8(9(11)12)7-4-3-5-10-7/h6-8,10H,3-5H2,1-2H3,(H,11,12)/t7?,8-/m0/s1. The van der Waals surface area contributed by atoms with E-state index >= 15 is 0 Å².